The molecule has 5 heteroatoms. The lowest BCUT2D eigenvalue weighted by atomic mass is 10.0. The molecule has 0 saturated carbocycles. The number of aliphatic carboxylic acids is 1. The summed E-state index contributed by atoms with van der Waals surface area (Å²) in [5.74, 6) is -0.439. The summed E-state index contributed by atoms with van der Waals surface area (Å²) in [6, 6.07) is 4.21. The minimum Gasteiger partial charge on any atom is -0.504 e. The van der Waals surface area contributed by atoms with Gasteiger partial charge in [-0.3, -0.25) is 10.1 Å². The van der Waals surface area contributed by atoms with Gasteiger partial charge in [0.05, 0.1) is 7.11 Å². The Hall–Kier alpha value is -1.75. The lowest BCUT2D eigenvalue weighted by Crippen LogP contribution is -2.42. The minimum absolute atomic E-state index is 0.0149. The first kappa shape index (κ1) is 15.3. The Morgan fingerprint density at radius 2 is 1.95 bits per heavy atom. The van der Waals surface area contributed by atoms with Gasteiger partial charge < -0.3 is 14.9 Å². The second-order valence-electron chi connectivity index (χ2n) is 4.88. The van der Waals surface area contributed by atoms with Gasteiger partial charge in [0, 0.05) is 6.04 Å². The van der Waals surface area contributed by atoms with Crippen molar-refractivity contribution in [2.75, 3.05) is 7.11 Å². The maximum atomic E-state index is 11.2. The number of rotatable bonds is 6. The normalized spacial score (nSPS) is 14.2. The molecule has 106 valence electrons. The van der Waals surface area contributed by atoms with Gasteiger partial charge >= 0.3 is 5.97 Å². The third-order valence-electron chi connectivity index (χ3n) is 3.07. The summed E-state index contributed by atoms with van der Waals surface area (Å²) in [6.45, 7) is 5.59. The molecule has 0 aliphatic carbocycles. The van der Waals surface area contributed by atoms with Gasteiger partial charge in [0.25, 0.3) is 0 Å². The highest BCUT2D eigenvalue weighted by molar-refractivity contribution is 5.73. The van der Waals surface area contributed by atoms with Crippen LogP contribution in [0.4, 0.5) is 0 Å². The molecule has 1 aromatic carbocycles. The molecule has 0 aliphatic rings. The average Bonchev–Trinajstić information content (AvgIpc) is 2.35. The van der Waals surface area contributed by atoms with E-state index >= 15 is 0 Å². The number of methoxy groups -OCH3 is 1. The number of nitrogens with one attached hydrogen (secondary N) is 1. The van der Waals surface area contributed by atoms with Crippen LogP contribution < -0.4 is 10.1 Å². The number of ether oxygens (including phenoxy) is 1. The maximum absolute atomic E-state index is 11.2. The van der Waals surface area contributed by atoms with Crippen LogP contribution in [0.15, 0.2) is 18.2 Å². The van der Waals surface area contributed by atoms with Crippen LogP contribution in [0.25, 0.3) is 0 Å². The van der Waals surface area contributed by atoms with E-state index in [9.17, 15) is 9.90 Å². The monoisotopic (exact) mass is 267 g/mol. The first-order chi connectivity index (χ1) is 8.86. The summed E-state index contributed by atoms with van der Waals surface area (Å²) < 4.78 is 5.04. The molecular weight excluding hydrogens is 246 g/mol. The molecule has 0 heterocycles. The highest BCUT2D eigenvalue weighted by Crippen LogP contribution is 2.29. The van der Waals surface area contributed by atoms with E-state index in [0.717, 1.165) is 5.56 Å². The summed E-state index contributed by atoms with van der Waals surface area (Å²) in [6.07, 6.45) is 0. The van der Waals surface area contributed by atoms with Crippen LogP contribution in [0.5, 0.6) is 11.5 Å². The van der Waals surface area contributed by atoms with Gasteiger partial charge in [-0.2, -0.15) is 0 Å². The number of benzene rings is 1. The van der Waals surface area contributed by atoms with Crippen LogP contribution in [0.2, 0.25) is 0 Å². The zero-order valence-electron chi connectivity index (χ0n) is 11.7. The molecular formula is C14H21NO4. The molecule has 5 nitrogen and oxygen atoms in total. The number of hydrogen-bond acceptors (Lipinski definition) is 4. The number of carboxylic acids is 1. The molecule has 1 aromatic rings. The largest absolute Gasteiger partial charge is 0.504 e. The van der Waals surface area contributed by atoms with E-state index in [1.807, 2.05) is 20.8 Å². The zero-order valence-corrected chi connectivity index (χ0v) is 11.7. The standard InChI is InChI=1S/C14H21NO4/c1-8(2)13(14(17)18)15-9(3)10-5-6-11(16)12(7-10)19-4/h5-9,13,15-16H,1-4H3,(H,17,18). The van der Waals surface area contributed by atoms with E-state index in [1.165, 1.54) is 13.2 Å². The van der Waals surface area contributed by atoms with Gasteiger partial charge in [-0.15, -0.1) is 0 Å². The van der Waals surface area contributed by atoms with Crippen LogP contribution in [0, 0.1) is 5.92 Å². The van der Waals surface area contributed by atoms with Gasteiger partial charge in [-0.1, -0.05) is 19.9 Å². The Morgan fingerprint density at radius 1 is 1.32 bits per heavy atom. The molecule has 2 atom stereocenters. The predicted octanol–water partition coefficient (Wildman–Crippen LogP) is 2.16. The van der Waals surface area contributed by atoms with Crippen LogP contribution in [-0.4, -0.2) is 29.3 Å². The van der Waals surface area contributed by atoms with E-state index in [1.54, 1.807) is 12.1 Å². The second kappa shape index (κ2) is 6.43. The molecule has 0 spiro atoms. The third-order valence-corrected chi connectivity index (χ3v) is 3.07. The Bertz CT molecular complexity index is 445. The topological polar surface area (TPSA) is 78.8 Å². The van der Waals surface area contributed by atoms with Crippen molar-refractivity contribution in [2.45, 2.75) is 32.9 Å². The zero-order chi connectivity index (χ0) is 14.6. The van der Waals surface area contributed by atoms with E-state index in [-0.39, 0.29) is 17.7 Å². The SMILES string of the molecule is COc1cc(C(C)NC(C(=O)O)C(C)C)ccc1O. The Morgan fingerprint density at radius 3 is 2.42 bits per heavy atom. The van der Waals surface area contributed by atoms with Crippen molar-refractivity contribution in [2.24, 2.45) is 5.92 Å². The second-order valence-corrected chi connectivity index (χ2v) is 4.88. The fraction of sp³-hybridized carbons (Fsp3) is 0.500. The van der Waals surface area contributed by atoms with Gasteiger partial charge in [-0.05, 0) is 30.5 Å². The van der Waals surface area contributed by atoms with Crippen LogP contribution in [0.3, 0.4) is 0 Å². The Kier molecular flexibility index (Phi) is 5.18. The molecule has 3 N–H and O–H groups in total. The number of phenols is 1. The van der Waals surface area contributed by atoms with Gasteiger partial charge in [-0.25, -0.2) is 0 Å². The number of hydrogen-bond donors (Lipinski definition) is 3. The van der Waals surface area contributed by atoms with Crippen molar-refractivity contribution in [1.29, 1.82) is 0 Å². The van der Waals surface area contributed by atoms with Crippen molar-refractivity contribution in [3.05, 3.63) is 23.8 Å². The number of phenolic OH excluding ortho intramolecular Hbond substituents is 1. The minimum atomic E-state index is -0.868. The van der Waals surface area contributed by atoms with Gasteiger partial charge in [0.15, 0.2) is 11.5 Å². The van der Waals surface area contributed by atoms with E-state index in [0.29, 0.717) is 5.75 Å². The van der Waals surface area contributed by atoms with Gasteiger partial charge in [0.1, 0.15) is 6.04 Å². The molecule has 0 aliphatic heterocycles. The van der Waals surface area contributed by atoms with Crippen LogP contribution in [-0.2, 0) is 4.79 Å². The molecule has 0 aromatic heterocycles. The quantitative estimate of drug-likeness (QED) is 0.736. The van der Waals surface area contributed by atoms with E-state index in [4.69, 9.17) is 9.84 Å². The molecule has 19 heavy (non-hydrogen) atoms. The number of aromatic hydroxyl groups is 1. The summed E-state index contributed by atoms with van der Waals surface area (Å²) in [4.78, 5) is 11.2. The molecule has 2 unspecified atom stereocenters. The van der Waals surface area contributed by atoms with Crippen molar-refractivity contribution in [3.63, 3.8) is 0 Å². The fourth-order valence-corrected chi connectivity index (χ4v) is 1.88. The van der Waals surface area contributed by atoms with Crippen molar-refractivity contribution in [1.82, 2.24) is 5.32 Å². The first-order valence-electron chi connectivity index (χ1n) is 6.22. The lowest BCUT2D eigenvalue weighted by Gasteiger charge is -2.23. The molecule has 0 saturated heterocycles. The Labute approximate surface area is 113 Å². The number of carbonyl (C=O) groups is 1. The summed E-state index contributed by atoms with van der Waals surface area (Å²) in [5, 5.41) is 21.8. The highest BCUT2D eigenvalue weighted by Gasteiger charge is 2.23. The maximum Gasteiger partial charge on any atom is 0.320 e. The molecule has 0 radical (unpaired) electrons. The van der Waals surface area contributed by atoms with Crippen molar-refractivity contribution in [3.8, 4) is 11.5 Å². The summed E-state index contributed by atoms with van der Waals surface area (Å²) in [7, 11) is 1.48. The molecule has 1 rings (SSSR count). The molecule has 0 amide bonds. The molecule has 0 bridgehead atoms. The van der Waals surface area contributed by atoms with Crippen molar-refractivity contribution >= 4 is 5.97 Å². The Balaban J connectivity index is 2.88. The first-order valence-corrected chi connectivity index (χ1v) is 6.22. The molecule has 0 fully saturated rings. The number of carboxylic acid groups (broad SMARTS) is 1. The lowest BCUT2D eigenvalue weighted by molar-refractivity contribution is -0.140. The average molecular weight is 267 g/mol. The van der Waals surface area contributed by atoms with E-state index in [2.05, 4.69) is 5.32 Å². The van der Waals surface area contributed by atoms with Crippen LogP contribution in [0.1, 0.15) is 32.4 Å². The van der Waals surface area contributed by atoms with E-state index < -0.39 is 12.0 Å². The summed E-state index contributed by atoms with van der Waals surface area (Å²) >= 11 is 0. The summed E-state index contributed by atoms with van der Waals surface area (Å²) in [5.41, 5.74) is 0.863. The smallest absolute Gasteiger partial charge is 0.320 e. The fourth-order valence-electron chi connectivity index (χ4n) is 1.88. The third kappa shape index (κ3) is 3.86. The predicted molar refractivity (Wildman–Crippen MR) is 72.5 cm³/mol. The van der Waals surface area contributed by atoms with Gasteiger partial charge in [0.2, 0.25) is 0 Å². The van der Waals surface area contributed by atoms with Crippen LogP contribution >= 0.6 is 0 Å². The highest BCUT2D eigenvalue weighted by atomic mass is 16.5. The van der Waals surface area contributed by atoms with Crippen molar-refractivity contribution < 1.29 is 19.7 Å².